The first-order valence-electron chi connectivity index (χ1n) is 10.3. The van der Waals surface area contributed by atoms with Crippen molar-refractivity contribution in [3.63, 3.8) is 0 Å². The summed E-state index contributed by atoms with van der Waals surface area (Å²) in [5.74, 6) is -0.773. The summed E-state index contributed by atoms with van der Waals surface area (Å²) in [6, 6.07) is 24.5. The number of nitrogens with zero attached hydrogens (tertiary/aromatic N) is 1. The van der Waals surface area contributed by atoms with Crippen LogP contribution >= 0.6 is 0 Å². The number of amides is 1. The topological polar surface area (TPSA) is 103 Å². The van der Waals surface area contributed by atoms with Crippen LogP contribution in [0.2, 0.25) is 0 Å². The predicted octanol–water partition coefficient (Wildman–Crippen LogP) is 5.02. The average molecular weight is 442 g/mol. The zero-order chi connectivity index (χ0) is 23.2. The number of carbonyl (C=O) groups is 1. The molecule has 33 heavy (non-hydrogen) atoms. The Morgan fingerprint density at radius 3 is 2.27 bits per heavy atom. The minimum Gasteiger partial charge on any atom is -0.396 e. The van der Waals surface area contributed by atoms with Gasteiger partial charge in [0.25, 0.3) is 5.91 Å². The minimum absolute atomic E-state index is 0.106. The highest BCUT2D eigenvalue weighted by Gasteiger charge is 2.13. The molecule has 0 unspecified atom stereocenters. The van der Waals surface area contributed by atoms with Gasteiger partial charge in [0.1, 0.15) is 11.6 Å². The fourth-order valence-electron chi connectivity index (χ4n) is 3.25. The van der Waals surface area contributed by atoms with Crippen molar-refractivity contribution in [2.24, 2.45) is 0 Å². The van der Waals surface area contributed by atoms with Gasteiger partial charge in [-0.2, -0.15) is 0 Å². The minimum atomic E-state index is -0.511. The lowest BCUT2D eigenvalue weighted by atomic mass is 10.1. The maximum Gasteiger partial charge on any atom is 0.255 e. The van der Waals surface area contributed by atoms with Crippen LogP contribution in [0.15, 0.2) is 84.9 Å². The summed E-state index contributed by atoms with van der Waals surface area (Å²) in [6.45, 7) is 0.989. The lowest BCUT2D eigenvalue weighted by molar-refractivity contribution is 0.102. The molecule has 0 atom stereocenters. The van der Waals surface area contributed by atoms with Crippen LogP contribution in [0.5, 0.6) is 0 Å². The van der Waals surface area contributed by atoms with Crippen molar-refractivity contribution in [1.82, 2.24) is 4.98 Å². The number of nitrogens with two attached hydrogens (primary N) is 2. The molecule has 3 aromatic carbocycles. The van der Waals surface area contributed by atoms with Crippen molar-refractivity contribution in [2.75, 3.05) is 16.8 Å². The molecular weight excluding hydrogens is 419 g/mol. The smallest absolute Gasteiger partial charge is 0.255 e. The monoisotopic (exact) mass is 442 g/mol. The second kappa shape index (κ2) is 9.93. The number of ether oxygens (including phenoxy) is 1. The maximum atomic E-state index is 14.4. The van der Waals surface area contributed by atoms with Crippen LogP contribution in [0, 0.1) is 5.82 Å². The summed E-state index contributed by atoms with van der Waals surface area (Å²) in [5.41, 5.74) is 15.2. The number of hydrogen-bond donors (Lipinski definition) is 3. The van der Waals surface area contributed by atoms with E-state index in [2.05, 4.69) is 10.3 Å². The molecule has 0 aliphatic heterocycles. The molecule has 0 fully saturated rings. The quantitative estimate of drug-likeness (QED) is 0.373. The largest absolute Gasteiger partial charge is 0.396 e. The number of carbonyl (C=O) groups excluding carboxylic acids is 1. The molecule has 1 aromatic heterocycles. The summed E-state index contributed by atoms with van der Waals surface area (Å²) in [5, 5.41) is 2.82. The van der Waals surface area contributed by atoms with E-state index in [4.69, 9.17) is 16.2 Å². The number of hydrogen-bond acceptors (Lipinski definition) is 5. The third kappa shape index (κ3) is 5.53. The first kappa shape index (κ1) is 22.0. The van der Waals surface area contributed by atoms with E-state index in [0.717, 1.165) is 11.1 Å². The molecule has 0 spiro atoms. The van der Waals surface area contributed by atoms with Gasteiger partial charge >= 0.3 is 0 Å². The molecule has 0 saturated heterocycles. The lowest BCUT2D eigenvalue weighted by Gasteiger charge is -2.10. The van der Waals surface area contributed by atoms with Crippen LogP contribution in [-0.4, -0.2) is 10.9 Å². The van der Waals surface area contributed by atoms with Crippen molar-refractivity contribution in [2.45, 2.75) is 13.2 Å². The van der Waals surface area contributed by atoms with Gasteiger partial charge in [0, 0.05) is 16.8 Å². The van der Waals surface area contributed by atoms with E-state index in [1.165, 1.54) is 18.2 Å². The SMILES string of the molecule is Nc1ccc(-c2cc(C(=O)Nc3ccc(COCc4ccccc4)cc3)ccc2F)nc1N. The number of anilines is 3. The van der Waals surface area contributed by atoms with E-state index >= 15 is 0 Å². The van der Waals surface area contributed by atoms with Gasteiger partial charge in [0.15, 0.2) is 0 Å². The first-order chi connectivity index (χ1) is 16.0. The number of rotatable bonds is 7. The van der Waals surface area contributed by atoms with Crippen LogP contribution in [0.25, 0.3) is 11.3 Å². The highest BCUT2D eigenvalue weighted by atomic mass is 19.1. The molecule has 0 aliphatic carbocycles. The fourth-order valence-corrected chi connectivity index (χ4v) is 3.25. The molecule has 6 nitrogen and oxygen atoms in total. The Balaban J connectivity index is 1.40. The Bertz CT molecular complexity index is 1260. The molecular formula is C26H23FN4O2. The second-order valence-corrected chi connectivity index (χ2v) is 7.50. The zero-order valence-electron chi connectivity index (χ0n) is 17.8. The normalized spacial score (nSPS) is 10.7. The van der Waals surface area contributed by atoms with Crippen molar-refractivity contribution >= 4 is 23.1 Å². The maximum absolute atomic E-state index is 14.4. The fraction of sp³-hybridized carbons (Fsp3) is 0.0769. The molecule has 4 rings (SSSR count). The predicted molar refractivity (Wildman–Crippen MR) is 128 cm³/mol. The average Bonchev–Trinajstić information content (AvgIpc) is 2.83. The van der Waals surface area contributed by atoms with Gasteiger partial charge in [-0.3, -0.25) is 4.79 Å². The van der Waals surface area contributed by atoms with Crippen LogP contribution < -0.4 is 16.8 Å². The Labute approximate surface area is 191 Å². The summed E-state index contributed by atoms with van der Waals surface area (Å²) in [7, 11) is 0. The summed E-state index contributed by atoms with van der Waals surface area (Å²) < 4.78 is 20.1. The highest BCUT2D eigenvalue weighted by molar-refractivity contribution is 6.05. The lowest BCUT2D eigenvalue weighted by Crippen LogP contribution is -2.12. The van der Waals surface area contributed by atoms with Gasteiger partial charge in [0.2, 0.25) is 0 Å². The van der Waals surface area contributed by atoms with E-state index in [0.29, 0.717) is 35.8 Å². The van der Waals surface area contributed by atoms with Crippen molar-refractivity contribution in [3.8, 4) is 11.3 Å². The van der Waals surface area contributed by atoms with Crippen molar-refractivity contribution < 1.29 is 13.9 Å². The zero-order valence-corrected chi connectivity index (χ0v) is 17.8. The molecule has 1 amide bonds. The molecule has 0 bridgehead atoms. The van der Waals surface area contributed by atoms with Crippen LogP contribution in [0.4, 0.5) is 21.6 Å². The summed E-state index contributed by atoms with van der Waals surface area (Å²) >= 11 is 0. The van der Waals surface area contributed by atoms with Crippen molar-refractivity contribution in [3.05, 3.63) is 107 Å². The molecule has 7 heteroatoms. The Morgan fingerprint density at radius 1 is 0.879 bits per heavy atom. The van der Waals surface area contributed by atoms with E-state index in [1.807, 2.05) is 42.5 Å². The van der Waals surface area contributed by atoms with Crippen LogP contribution in [-0.2, 0) is 18.0 Å². The number of nitrogens with one attached hydrogen (secondary N) is 1. The standard InChI is InChI=1S/C26H23FN4O2/c27-22-11-8-19(14-21(22)24-13-12-23(28)25(29)31-24)26(32)30-20-9-6-18(7-10-20)16-33-15-17-4-2-1-3-5-17/h1-14H,15-16,28H2,(H2,29,31)(H,30,32). The molecule has 4 aromatic rings. The molecule has 5 N–H and O–H groups in total. The van der Waals surface area contributed by atoms with E-state index in [9.17, 15) is 9.18 Å². The third-order valence-corrected chi connectivity index (χ3v) is 5.05. The molecule has 0 radical (unpaired) electrons. The van der Waals surface area contributed by atoms with Gasteiger partial charge in [-0.25, -0.2) is 9.37 Å². The molecule has 0 aliphatic rings. The van der Waals surface area contributed by atoms with Gasteiger partial charge in [-0.1, -0.05) is 42.5 Å². The van der Waals surface area contributed by atoms with Gasteiger partial charge in [-0.15, -0.1) is 0 Å². The molecule has 1 heterocycles. The number of aromatic nitrogens is 1. The number of pyridine rings is 1. The molecule has 0 saturated carbocycles. The number of nitrogen functional groups attached to an aromatic ring is 2. The molecule has 166 valence electrons. The van der Waals surface area contributed by atoms with E-state index in [1.54, 1.807) is 24.3 Å². The number of benzene rings is 3. The first-order valence-corrected chi connectivity index (χ1v) is 10.3. The Hall–Kier alpha value is -4.23. The van der Waals surface area contributed by atoms with Gasteiger partial charge in [-0.05, 0) is 53.6 Å². The Morgan fingerprint density at radius 2 is 1.58 bits per heavy atom. The van der Waals surface area contributed by atoms with E-state index < -0.39 is 5.82 Å². The number of halogens is 1. The third-order valence-electron chi connectivity index (χ3n) is 5.05. The summed E-state index contributed by atoms with van der Waals surface area (Å²) in [4.78, 5) is 16.8. The van der Waals surface area contributed by atoms with Gasteiger partial charge in [0.05, 0.1) is 24.6 Å². The van der Waals surface area contributed by atoms with Crippen molar-refractivity contribution in [1.29, 1.82) is 0 Å². The van der Waals surface area contributed by atoms with Crippen LogP contribution in [0.1, 0.15) is 21.5 Å². The van der Waals surface area contributed by atoms with Crippen LogP contribution in [0.3, 0.4) is 0 Å². The Kier molecular flexibility index (Phi) is 6.61. The van der Waals surface area contributed by atoms with E-state index in [-0.39, 0.29) is 17.3 Å². The highest BCUT2D eigenvalue weighted by Crippen LogP contribution is 2.25. The van der Waals surface area contributed by atoms with Gasteiger partial charge < -0.3 is 21.5 Å². The summed E-state index contributed by atoms with van der Waals surface area (Å²) in [6.07, 6.45) is 0. The second-order valence-electron chi connectivity index (χ2n) is 7.50.